The van der Waals surface area contributed by atoms with E-state index in [0.717, 1.165) is 21.4 Å². The molecule has 1 heterocycles. The molecular formula is C12H11BrN2O. The first kappa shape index (κ1) is 9.90. The number of nitrogens with zero attached hydrogens (tertiary/aromatic N) is 1. The molecule has 1 saturated carbocycles. The van der Waals surface area contributed by atoms with Crippen LogP contribution in [0, 0.1) is 0 Å². The number of rotatable bonds is 2. The van der Waals surface area contributed by atoms with E-state index in [1.54, 1.807) is 0 Å². The fraction of sp³-hybridized carbons (Fsp3) is 0.250. The lowest BCUT2D eigenvalue weighted by molar-refractivity contribution is 0.387. The molecule has 1 aliphatic rings. The summed E-state index contributed by atoms with van der Waals surface area (Å²) in [5, 5.41) is 3.87. The van der Waals surface area contributed by atoms with Crippen molar-refractivity contribution in [3.63, 3.8) is 0 Å². The van der Waals surface area contributed by atoms with Crippen molar-refractivity contribution in [3.05, 3.63) is 34.5 Å². The quantitative estimate of drug-likeness (QED) is 0.914. The lowest BCUT2D eigenvalue weighted by atomic mass is 10.0. The van der Waals surface area contributed by atoms with Crippen LogP contribution < -0.4 is 5.73 Å². The number of aromatic nitrogens is 1. The van der Waals surface area contributed by atoms with Crippen molar-refractivity contribution >= 4 is 21.7 Å². The van der Waals surface area contributed by atoms with Gasteiger partial charge in [-0.2, -0.15) is 0 Å². The number of anilines is 1. The Morgan fingerprint density at radius 1 is 1.25 bits per heavy atom. The normalized spacial score (nSPS) is 15.3. The zero-order valence-corrected chi connectivity index (χ0v) is 10.2. The van der Waals surface area contributed by atoms with Crippen LogP contribution in [0.2, 0.25) is 0 Å². The van der Waals surface area contributed by atoms with Crippen molar-refractivity contribution < 1.29 is 4.52 Å². The molecule has 0 unspecified atom stereocenters. The van der Waals surface area contributed by atoms with Crippen molar-refractivity contribution in [2.45, 2.75) is 18.8 Å². The summed E-state index contributed by atoms with van der Waals surface area (Å²) in [5.41, 5.74) is 7.90. The van der Waals surface area contributed by atoms with Crippen LogP contribution in [-0.2, 0) is 0 Å². The molecule has 1 aliphatic carbocycles. The summed E-state index contributed by atoms with van der Waals surface area (Å²) in [7, 11) is 0. The molecule has 0 bridgehead atoms. The number of nitrogens with two attached hydrogens (primary N) is 1. The Morgan fingerprint density at radius 2 is 1.94 bits per heavy atom. The van der Waals surface area contributed by atoms with Gasteiger partial charge in [0.1, 0.15) is 5.76 Å². The second-order valence-corrected chi connectivity index (χ2v) is 5.00. The monoisotopic (exact) mass is 278 g/mol. The van der Waals surface area contributed by atoms with E-state index in [2.05, 4.69) is 21.1 Å². The molecule has 1 fully saturated rings. The van der Waals surface area contributed by atoms with Crippen LogP contribution >= 0.6 is 15.9 Å². The highest BCUT2D eigenvalue weighted by Gasteiger charge is 2.32. The van der Waals surface area contributed by atoms with Crippen LogP contribution in [0.3, 0.4) is 0 Å². The molecule has 1 aromatic carbocycles. The molecule has 82 valence electrons. The summed E-state index contributed by atoms with van der Waals surface area (Å²) in [6, 6.07) is 8.05. The van der Waals surface area contributed by atoms with E-state index in [1.165, 1.54) is 12.8 Å². The fourth-order valence-corrected chi connectivity index (χ4v) is 2.11. The molecule has 0 aliphatic heterocycles. The lowest BCUT2D eigenvalue weighted by Crippen LogP contribution is -1.89. The Bertz CT molecular complexity index is 514. The van der Waals surface area contributed by atoms with E-state index in [1.807, 2.05) is 24.3 Å². The number of halogens is 1. The standard InChI is InChI=1S/C12H11BrN2O/c13-9-5-3-7(4-6-9)10-11(8-1-2-8)16-15-12(10)14/h3-6,8H,1-2H2,(H2,14,15). The third-order valence-corrected chi connectivity index (χ3v) is 3.35. The molecule has 2 N–H and O–H groups in total. The van der Waals surface area contributed by atoms with Crippen LogP contribution in [0.25, 0.3) is 11.1 Å². The molecular weight excluding hydrogens is 268 g/mol. The van der Waals surface area contributed by atoms with Gasteiger partial charge >= 0.3 is 0 Å². The van der Waals surface area contributed by atoms with Crippen molar-refractivity contribution in [2.24, 2.45) is 0 Å². The van der Waals surface area contributed by atoms with Gasteiger partial charge in [0, 0.05) is 10.4 Å². The number of hydrogen-bond donors (Lipinski definition) is 1. The van der Waals surface area contributed by atoms with Gasteiger partial charge in [0.2, 0.25) is 0 Å². The van der Waals surface area contributed by atoms with Gasteiger partial charge < -0.3 is 10.3 Å². The van der Waals surface area contributed by atoms with Crippen molar-refractivity contribution in [2.75, 3.05) is 5.73 Å². The summed E-state index contributed by atoms with van der Waals surface area (Å²) in [6.45, 7) is 0. The summed E-state index contributed by atoms with van der Waals surface area (Å²) in [6.07, 6.45) is 2.36. The van der Waals surface area contributed by atoms with Gasteiger partial charge in [-0.3, -0.25) is 0 Å². The third kappa shape index (κ3) is 1.63. The average Bonchev–Trinajstić information content (AvgIpc) is 3.05. The van der Waals surface area contributed by atoms with Crippen LogP contribution in [0.5, 0.6) is 0 Å². The van der Waals surface area contributed by atoms with Gasteiger partial charge in [0.15, 0.2) is 5.82 Å². The maximum absolute atomic E-state index is 5.86. The minimum absolute atomic E-state index is 0.490. The van der Waals surface area contributed by atoms with E-state index in [0.29, 0.717) is 11.7 Å². The third-order valence-electron chi connectivity index (χ3n) is 2.83. The first-order valence-corrected chi connectivity index (χ1v) is 6.06. The maximum Gasteiger partial charge on any atom is 0.175 e. The predicted molar refractivity (Wildman–Crippen MR) is 66.0 cm³/mol. The van der Waals surface area contributed by atoms with Gasteiger partial charge in [0.05, 0.1) is 5.56 Å². The average molecular weight is 279 g/mol. The number of benzene rings is 1. The summed E-state index contributed by atoms with van der Waals surface area (Å²) in [5.74, 6) is 1.95. The van der Waals surface area contributed by atoms with Gasteiger partial charge in [0.25, 0.3) is 0 Å². The molecule has 3 rings (SSSR count). The highest BCUT2D eigenvalue weighted by Crippen LogP contribution is 2.46. The van der Waals surface area contributed by atoms with Gasteiger partial charge in [-0.15, -0.1) is 0 Å². The Morgan fingerprint density at radius 3 is 2.56 bits per heavy atom. The SMILES string of the molecule is Nc1noc(C2CC2)c1-c1ccc(Br)cc1. The minimum Gasteiger partial charge on any atom is -0.380 e. The highest BCUT2D eigenvalue weighted by atomic mass is 79.9. The summed E-state index contributed by atoms with van der Waals surface area (Å²) < 4.78 is 6.37. The lowest BCUT2D eigenvalue weighted by Gasteiger charge is -2.01. The van der Waals surface area contributed by atoms with E-state index in [4.69, 9.17) is 10.3 Å². The molecule has 0 spiro atoms. The van der Waals surface area contributed by atoms with E-state index in [-0.39, 0.29) is 0 Å². The zero-order chi connectivity index (χ0) is 11.1. The van der Waals surface area contributed by atoms with Crippen molar-refractivity contribution in [1.82, 2.24) is 5.16 Å². The molecule has 0 saturated heterocycles. The van der Waals surface area contributed by atoms with E-state index >= 15 is 0 Å². The second-order valence-electron chi connectivity index (χ2n) is 4.09. The van der Waals surface area contributed by atoms with E-state index in [9.17, 15) is 0 Å². The Hall–Kier alpha value is -1.29. The van der Waals surface area contributed by atoms with Crippen LogP contribution in [0.15, 0.2) is 33.3 Å². The summed E-state index contributed by atoms with van der Waals surface area (Å²) in [4.78, 5) is 0. The smallest absolute Gasteiger partial charge is 0.175 e. The maximum atomic E-state index is 5.86. The molecule has 4 heteroatoms. The molecule has 0 amide bonds. The molecule has 16 heavy (non-hydrogen) atoms. The zero-order valence-electron chi connectivity index (χ0n) is 8.61. The van der Waals surface area contributed by atoms with Crippen molar-refractivity contribution in [1.29, 1.82) is 0 Å². The topological polar surface area (TPSA) is 52.0 Å². The highest BCUT2D eigenvalue weighted by molar-refractivity contribution is 9.10. The molecule has 0 atom stereocenters. The number of hydrogen-bond acceptors (Lipinski definition) is 3. The van der Waals surface area contributed by atoms with E-state index < -0.39 is 0 Å². The summed E-state index contributed by atoms with van der Waals surface area (Å²) >= 11 is 3.42. The second kappa shape index (κ2) is 3.63. The minimum atomic E-state index is 0.490. The van der Waals surface area contributed by atoms with Crippen LogP contribution in [0.4, 0.5) is 5.82 Å². The first-order chi connectivity index (χ1) is 7.75. The van der Waals surface area contributed by atoms with Gasteiger partial charge in [-0.05, 0) is 30.5 Å². The molecule has 0 radical (unpaired) electrons. The predicted octanol–water partition coefficient (Wildman–Crippen LogP) is 3.56. The fourth-order valence-electron chi connectivity index (χ4n) is 1.85. The largest absolute Gasteiger partial charge is 0.380 e. The molecule has 1 aromatic heterocycles. The van der Waals surface area contributed by atoms with Gasteiger partial charge in [-0.25, -0.2) is 0 Å². The Balaban J connectivity index is 2.10. The number of nitrogen functional groups attached to an aromatic ring is 1. The Labute approximate surface area is 102 Å². The first-order valence-electron chi connectivity index (χ1n) is 5.26. The molecule has 3 nitrogen and oxygen atoms in total. The van der Waals surface area contributed by atoms with Gasteiger partial charge in [-0.1, -0.05) is 33.2 Å². The Kier molecular flexibility index (Phi) is 2.24. The van der Waals surface area contributed by atoms with Crippen LogP contribution in [-0.4, -0.2) is 5.16 Å². The van der Waals surface area contributed by atoms with Crippen LogP contribution in [0.1, 0.15) is 24.5 Å². The molecule has 2 aromatic rings. The van der Waals surface area contributed by atoms with Crippen molar-refractivity contribution in [3.8, 4) is 11.1 Å².